The van der Waals surface area contributed by atoms with Gasteiger partial charge in [0.1, 0.15) is 0 Å². The second-order valence-corrected chi connectivity index (χ2v) is 5.66. The molecule has 1 heterocycles. The third-order valence-electron chi connectivity index (χ3n) is 2.92. The summed E-state index contributed by atoms with van der Waals surface area (Å²) in [6.07, 6.45) is 3.11. The fourth-order valence-corrected chi connectivity index (χ4v) is 2.73. The van der Waals surface area contributed by atoms with Crippen LogP contribution in [0, 0.1) is 0 Å². The molecule has 6 nitrogen and oxygen atoms in total. The zero-order chi connectivity index (χ0) is 14.4. The molecule has 0 aliphatic carbocycles. The van der Waals surface area contributed by atoms with Gasteiger partial charge in [0.25, 0.3) is 0 Å². The van der Waals surface area contributed by atoms with Gasteiger partial charge in [0, 0.05) is 20.6 Å². The predicted molar refractivity (Wildman–Crippen MR) is 78.0 cm³/mol. The lowest BCUT2D eigenvalue weighted by Crippen LogP contribution is -2.52. The van der Waals surface area contributed by atoms with E-state index >= 15 is 0 Å². The Morgan fingerprint density at radius 3 is 1.95 bits per heavy atom. The Hall–Kier alpha value is -1.24. The van der Waals surface area contributed by atoms with Crippen LogP contribution in [0.3, 0.4) is 0 Å². The van der Waals surface area contributed by atoms with Gasteiger partial charge in [0.15, 0.2) is 0 Å². The van der Waals surface area contributed by atoms with E-state index in [0.29, 0.717) is 6.54 Å². The van der Waals surface area contributed by atoms with E-state index in [9.17, 15) is 14.4 Å². The second-order valence-electron chi connectivity index (χ2n) is 4.44. The molecule has 0 N–H and O–H groups in total. The van der Waals surface area contributed by atoms with E-state index in [-0.39, 0.29) is 0 Å². The molecule has 108 valence electrons. The summed E-state index contributed by atoms with van der Waals surface area (Å²) in [4.78, 5) is 35.2. The van der Waals surface area contributed by atoms with Crippen molar-refractivity contribution in [3.8, 4) is 0 Å². The SMILES string of the molecule is CCCCSCCCn1c(=O)n(C)c(=O)n(C)c1=O. The molecule has 0 spiro atoms. The highest BCUT2D eigenvalue weighted by molar-refractivity contribution is 7.99. The minimum atomic E-state index is -0.580. The molecule has 1 aromatic heterocycles. The van der Waals surface area contributed by atoms with Crippen molar-refractivity contribution in [2.45, 2.75) is 32.7 Å². The van der Waals surface area contributed by atoms with E-state index in [1.165, 1.54) is 26.9 Å². The Labute approximate surface area is 116 Å². The molecule has 0 saturated heterocycles. The fourth-order valence-electron chi connectivity index (χ4n) is 1.70. The summed E-state index contributed by atoms with van der Waals surface area (Å²) in [5, 5.41) is 0. The zero-order valence-corrected chi connectivity index (χ0v) is 12.5. The Morgan fingerprint density at radius 1 is 0.895 bits per heavy atom. The van der Waals surface area contributed by atoms with Crippen molar-refractivity contribution in [1.82, 2.24) is 13.7 Å². The molecule has 0 aliphatic rings. The monoisotopic (exact) mass is 287 g/mol. The van der Waals surface area contributed by atoms with Gasteiger partial charge in [-0.25, -0.2) is 28.1 Å². The van der Waals surface area contributed by atoms with Crippen LogP contribution in [0.1, 0.15) is 26.2 Å². The van der Waals surface area contributed by atoms with Crippen molar-refractivity contribution >= 4 is 11.8 Å². The molecule has 0 bridgehead atoms. The van der Waals surface area contributed by atoms with Crippen LogP contribution in [0.4, 0.5) is 0 Å². The molecule has 0 saturated carbocycles. The molecule has 1 rings (SSSR count). The minimum absolute atomic E-state index is 0.360. The van der Waals surface area contributed by atoms with Crippen LogP contribution >= 0.6 is 11.8 Å². The quantitative estimate of drug-likeness (QED) is 0.671. The highest BCUT2D eigenvalue weighted by Crippen LogP contribution is 2.05. The van der Waals surface area contributed by atoms with Crippen molar-refractivity contribution in [2.24, 2.45) is 14.1 Å². The van der Waals surface area contributed by atoms with E-state index in [0.717, 1.165) is 31.6 Å². The lowest BCUT2D eigenvalue weighted by molar-refractivity contribution is 0.500. The van der Waals surface area contributed by atoms with Crippen molar-refractivity contribution in [3.05, 3.63) is 31.5 Å². The smallest absolute Gasteiger partial charge is 0.248 e. The summed E-state index contributed by atoms with van der Waals surface area (Å²) >= 11 is 1.83. The van der Waals surface area contributed by atoms with Crippen molar-refractivity contribution < 1.29 is 0 Å². The van der Waals surface area contributed by atoms with E-state index in [1.807, 2.05) is 11.8 Å². The Kier molecular flexibility index (Phi) is 6.14. The summed E-state index contributed by atoms with van der Waals surface area (Å²) in [6, 6.07) is 0. The molecule has 0 aromatic carbocycles. The first-order valence-electron chi connectivity index (χ1n) is 6.45. The van der Waals surface area contributed by atoms with Crippen molar-refractivity contribution in [1.29, 1.82) is 0 Å². The number of thioether (sulfide) groups is 1. The van der Waals surface area contributed by atoms with Gasteiger partial charge in [-0.2, -0.15) is 11.8 Å². The second kappa shape index (κ2) is 7.37. The maximum atomic E-state index is 11.8. The lowest BCUT2D eigenvalue weighted by Gasteiger charge is -2.08. The van der Waals surface area contributed by atoms with Crippen molar-refractivity contribution in [2.75, 3.05) is 11.5 Å². The summed E-state index contributed by atoms with van der Waals surface area (Å²) in [7, 11) is 2.77. The maximum absolute atomic E-state index is 11.8. The van der Waals surface area contributed by atoms with Gasteiger partial charge in [-0.05, 0) is 24.3 Å². The van der Waals surface area contributed by atoms with Gasteiger partial charge >= 0.3 is 17.1 Å². The topological polar surface area (TPSA) is 66.0 Å². The first-order chi connectivity index (χ1) is 9.00. The summed E-state index contributed by atoms with van der Waals surface area (Å²) in [6.45, 7) is 2.51. The lowest BCUT2D eigenvalue weighted by atomic mass is 10.4. The first-order valence-corrected chi connectivity index (χ1v) is 7.60. The van der Waals surface area contributed by atoms with Gasteiger partial charge < -0.3 is 0 Å². The van der Waals surface area contributed by atoms with E-state index in [1.54, 1.807) is 0 Å². The van der Waals surface area contributed by atoms with Crippen LogP contribution in [0.5, 0.6) is 0 Å². The zero-order valence-electron chi connectivity index (χ0n) is 11.7. The standard InChI is InChI=1S/C12H21N3O3S/c1-4-5-8-19-9-6-7-15-11(17)13(2)10(16)14(3)12(15)18/h4-9H2,1-3H3. The van der Waals surface area contributed by atoms with Gasteiger partial charge in [0.2, 0.25) is 0 Å². The highest BCUT2D eigenvalue weighted by atomic mass is 32.2. The van der Waals surface area contributed by atoms with Crippen molar-refractivity contribution in [3.63, 3.8) is 0 Å². The number of nitrogens with zero attached hydrogens (tertiary/aromatic N) is 3. The summed E-state index contributed by atoms with van der Waals surface area (Å²) < 4.78 is 3.05. The van der Waals surface area contributed by atoms with Gasteiger partial charge in [-0.15, -0.1) is 0 Å². The Bertz CT molecular complexity index is 545. The van der Waals surface area contributed by atoms with Crippen LogP contribution in [0.15, 0.2) is 14.4 Å². The summed E-state index contributed by atoms with van der Waals surface area (Å²) in [5.74, 6) is 2.02. The molecule has 0 fully saturated rings. The first kappa shape index (κ1) is 15.8. The third-order valence-corrected chi connectivity index (χ3v) is 4.08. The predicted octanol–water partition coefficient (Wildman–Crippen LogP) is 0.169. The molecule has 19 heavy (non-hydrogen) atoms. The average Bonchev–Trinajstić information content (AvgIpc) is 2.41. The molecule has 0 unspecified atom stereocenters. The highest BCUT2D eigenvalue weighted by Gasteiger charge is 2.09. The Balaban J connectivity index is 2.72. The van der Waals surface area contributed by atoms with Gasteiger partial charge in [0.05, 0.1) is 0 Å². The van der Waals surface area contributed by atoms with E-state index in [2.05, 4.69) is 6.92 Å². The number of rotatable bonds is 7. The third kappa shape index (κ3) is 3.86. The molecular weight excluding hydrogens is 266 g/mol. The molecule has 0 atom stereocenters. The largest absolute Gasteiger partial charge is 0.336 e. The van der Waals surface area contributed by atoms with Crippen LogP contribution in [-0.4, -0.2) is 25.2 Å². The minimum Gasteiger partial charge on any atom is -0.248 e. The van der Waals surface area contributed by atoms with Crippen LogP contribution in [0.2, 0.25) is 0 Å². The molecule has 0 aliphatic heterocycles. The number of hydrogen-bond donors (Lipinski definition) is 0. The van der Waals surface area contributed by atoms with E-state index < -0.39 is 17.1 Å². The molecule has 0 amide bonds. The normalized spacial score (nSPS) is 10.9. The van der Waals surface area contributed by atoms with Crippen LogP contribution in [-0.2, 0) is 20.6 Å². The number of hydrogen-bond acceptors (Lipinski definition) is 4. The number of unbranched alkanes of at least 4 members (excludes halogenated alkanes) is 1. The number of aromatic nitrogens is 3. The van der Waals surface area contributed by atoms with Gasteiger partial charge in [-0.1, -0.05) is 13.3 Å². The summed E-state index contributed by atoms with van der Waals surface area (Å²) in [5.41, 5.74) is -1.65. The van der Waals surface area contributed by atoms with Crippen LogP contribution in [0.25, 0.3) is 0 Å². The molecule has 1 aromatic rings. The van der Waals surface area contributed by atoms with Crippen LogP contribution < -0.4 is 17.1 Å². The fraction of sp³-hybridized carbons (Fsp3) is 0.750. The average molecular weight is 287 g/mol. The molecule has 7 heteroatoms. The Morgan fingerprint density at radius 2 is 1.42 bits per heavy atom. The molecule has 0 radical (unpaired) electrons. The maximum Gasteiger partial charge on any atom is 0.336 e. The molecular formula is C12H21N3O3S. The van der Waals surface area contributed by atoms with Gasteiger partial charge in [-0.3, -0.25) is 0 Å². The van der Waals surface area contributed by atoms with E-state index in [4.69, 9.17) is 0 Å².